The molecule has 8 heteroatoms. The Morgan fingerprint density at radius 3 is 2.84 bits per heavy atom. The van der Waals surface area contributed by atoms with Crippen molar-refractivity contribution in [3.05, 3.63) is 22.4 Å². The van der Waals surface area contributed by atoms with Crippen LogP contribution >= 0.6 is 27.7 Å². The third-order valence-corrected chi connectivity index (χ3v) is 6.69. The zero-order chi connectivity index (χ0) is 14.2. The van der Waals surface area contributed by atoms with Crippen molar-refractivity contribution in [2.24, 2.45) is 0 Å². The van der Waals surface area contributed by atoms with Crippen LogP contribution in [0, 0.1) is 5.82 Å². The fourth-order valence-electron chi connectivity index (χ4n) is 1.97. The number of sulfonamides is 1. The quantitative estimate of drug-likeness (QED) is 0.813. The number of rotatable bonds is 2. The summed E-state index contributed by atoms with van der Waals surface area (Å²) in [6.45, 7) is 2.21. The van der Waals surface area contributed by atoms with E-state index in [0.717, 1.165) is 0 Å². The molecule has 0 bridgehead atoms. The van der Waals surface area contributed by atoms with Gasteiger partial charge in [0.2, 0.25) is 10.0 Å². The number of anilines is 1. The number of nitrogens with two attached hydrogens (primary N) is 1. The van der Waals surface area contributed by atoms with Gasteiger partial charge in [0.15, 0.2) is 5.82 Å². The van der Waals surface area contributed by atoms with Gasteiger partial charge in [-0.05, 0) is 35.0 Å². The molecule has 0 saturated carbocycles. The molecule has 1 unspecified atom stereocenters. The van der Waals surface area contributed by atoms with Gasteiger partial charge in [-0.25, -0.2) is 12.8 Å². The molecule has 1 aromatic rings. The van der Waals surface area contributed by atoms with E-state index in [9.17, 15) is 12.8 Å². The van der Waals surface area contributed by atoms with Gasteiger partial charge < -0.3 is 5.73 Å². The molecule has 2 rings (SSSR count). The molecule has 0 aliphatic carbocycles. The molecule has 1 atom stereocenters. The Morgan fingerprint density at radius 2 is 2.21 bits per heavy atom. The lowest BCUT2D eigenvalue weighted by Gasteiger charge is -2.32. The van der Waals surface area contributed by atoms with Crippen molar-refractivity contribution in [1.29, 1.82) is 0 Å². The van der Waals surface area contributed by atoms with Crippen molar-refractivity contribution in [2.45, 2.75) is 17.9 Å². The maximum atomic E-state index is 14.0. The first-order chi connectivity index (χ1) is 8.84. The second-order valence-electron chi connectivity index (χ2n) is 4.35. The van der Waals surface area contributed by atoms with Crippen molar-refractivity contribution in [2.75, 3.05) is 23.8 Å². The first kappa shape index (κ1) is 15.1. The number of hydrogen-bond donors (Lipinski definition) is 1. The van der Waals surface area contributed by atoms with Crippen molar-refractivity contribution in [3.63, 3.8) is 0 Å². The Hall–Kier alpha value is -0.310. The number of halogens is 2. The molecule has 0 spiro atoms. The van der Waals surface area contributed by atoms with Crippen molar-refractivity contribution in [3.8, 4) is 0 Å². The molecule has 1 aliphatic heterocycles. The average molecular weight is 369 g/mol. The van der Waals surface area contributed by atoms with Crippen LogP contribution in [0.2, 0.25) is 0 Å². The highest BCUT2D eigenvalue weighted by atomic mass is 79.9. The first-order valence-electron chi connectivity index (χ1n) is 5.68. The molecule has 4 nitrogen and oxygen atoms in total. The summed E-state index contributed by atoms with van der Waals surface area (Å²) in [6, 6.07) is 2.37. The molecule has 0 amide bonds. The lowest BCUT2D eigenvalue weighted by Crippen LogP contribution is -2.44. The Morgan fingerprint density at radius 1 is 1.53 bits per heavy atom. The van der Waals surface area contributed by atoms with Crippen LogP contribution in [0.4, 0.5) is 10.1 Å². The number of hydrogen-bond acceptors (Lipinski definition) is 4. The van der Waals surface area contributed by atoms with E-state index in [1.165, 1.54) is 16.4 Å². The summed E-state index contributed by atoms with van der Waals surface area (Å²) in [4.78, 5) is -0.363. The van der Waals surface area contributed by atoms with Crippen LogP contribution in [0.5, 0.6) is 0 Å². The molecule has 1 heterocycles. The fourth-order valence-corrected chi connectivity index (χ4v) is 5.55. The summed E-state index contributed by atoms with van der Waals surface area (Å²) in [5, 5.41) is 0. The second kappa shape index (κ2) is 5.59. The summed E-state index contributed by atoms with van der Waals surface area (Å²) in [5.41, 5.74) is 5.82. The predicted octanol–water partition coefficient (Wildman–Crippen LogP) is 2.30. The molecular weight excluding hydrogens is 355 g/mol. The van der Waals surface area contributed by atoms with E-state index < -0.39 is 15.8 Å². The molecule has 1 fully saturated rings. The molecule has 106 valence electrons. The smallest absolute Gasteiger partial charge is 0.246 e. The third-order valence-electron chi connectivity index (χ3n) is 2.91. The Labute approximate surface area is 124 Å². The van der Waals surface area contributed by atoms with E-state index in [2.05, 4.69) is 15.9 Å². The lowest BCUT2D eigenvalue weighted by atomic mass is 10.3. The highest BCUT2D eigenvalue weighted by Crippen LogP contribution is 2.30. The summed E-state index contributed by atoms with van der Waals surface area (Å²) < 4.78 is 40.5. The van der Waals surface area contributed by atoms with Gasteiger partial charge in [0.25, 0.3) is 0 Å². The highest BCUT2D eigenvalue weighted by molar-refractivity contribution is 9.10. The summed E-state index contributed by atoms with van der Waals surface area (Å²) in [7, 11) is -3.85. The summed E-state index contributed by atoms with van der Waals surface area (Å²) in [6.07, 6.45) is 0. The van der Waals surface area contributed by atoms with Gasteiger partial charge in [0.05, 0.1) is 4.47 Å². The highest BCUT2D eigenvalue weighted by Gasteiger charge is 2.33. The van der Waals surface area contributed by atoms with Crippen LogP contribution < -0.4 is 5.73 Å². The van der Waals surface area contributed by atoms with E-state index in [1.807, 2.05) is 6.92 Å². The fraction of sp³-hybridized carbons (Fsp3) is 0.455. The maximum absolute atomic E-state index is 14.0. The summed E-state index contributed by atoms with van der Waals surface area (Å²) in [5.74, 6) is 0.638. The van der Waals surface area contributed by atoms with Gasteiger partial charge in [-0.1, -0.05) is 0 Å². The molecule has 0 radical (unpaired) electrons. The third kappa shape index (κ3) is 2.91. The largest absolute Gasteiger partial charge is 0.399 e. The molecular formula is C11H14BrFN2O2S2. The van der Waals surface area contributed by atoms with Gasteiger partial charge in [0, 0.05) is 29.8 Å². The normalized spacial score (nSPS) is 21.5. The van der Waals surface area contributed by atoms with Crippen LogP contribution in [0.15, 0.2) is 21.5 Å². The minimum absolute atomic E-state index is 0.0603. The van der Waals surface area contributed by atoms with Crippen LogP contribution in [0.25, 0.3) is 0 Å². The van der Waals surface area contributed by atoms with Crippen molar-refractivity contribution >= 4 is 43.4 Å². The molecule has 0 aromatic heterocycles. The number of nitrogen functional groups attached to an aromatic ring is 1. The first-order valence-corrected chi connectivity index (χ1v) is 9.07. The molecule has 2 N–H and O–H groups in total. The monoisotopic (exact) mass is 368 g/mol. The van der Waals surface area contributed by atoms with Crippen LogP contribution in [-0.4, -0.2) is 36.8 Å². The molecule has 1 aliphatic rings. The minimum atomic E-state index is -3.85. The van der Waals surface area contributed by atoms with Crippen molar-refractivity contribution in [1.82, 2.24) is 4.31 Å². The Balaban J connectivity index is 2.50. The van der Waals surface area contributed by atoms with Gasteiger partial charge in [-0.3, -0.25) is 0 Å². The van der Waals surface area contributed by atoms with Gasteiger partial charge in [0.1, 0.15) is 4.90 Å². The Kier molecular flexibility index (Phi) is 4.44. The Bertz CT molecular complexity index is 595. The van der Waals surface area contributed by atoms with Gasteiger partial charge in [-0.2, -0.15) is 16.1 Å². The van der Waals surface area contributed by atoms with E-state index in [4.69, 9.17) is 5.73 Å². The average Bonchev–Trinajstić information content (AvgIpc) is 2.34. The molecule has 1 saturated heterocycles. The van der Waals surface area contributed by atoms with Gasteiger partial charge in [-0.15, -0.1) is 0 Å². The van der Waals surface area contributed by atoms with E-state index in [0.29, 0.717) is 18.1 Å². The zero-order valence-electron chi connectivity index (χ0n) is 10.3. The topological polar surface area (TPSA) is 63.4 Å². The number of nitrogens with zero attached hydrogens (tertiary/aromatic N) is 1. The van der Waals surface area contributed by atoms with Gasteiger partial charge >= 0.3 is 0 Å². The van der Waals surface area contributed by atoms with E-state index in [-0.39, 0.29) is 21.1 Å². The van der Waals surface area contributed by atoms with Crippen LogP contribution in [0.3, 0.4) is 0 Å². The molecule has 19 heavy (non-hydrogen) atoms. The zero-order valence-corrected chi connectivity index (χ0v) is 13.5. The van der Waals surface area contributed by atoms with Crippen LogP contribution in [-0.2, 0) is 10.0 Å². The van der Waals surface area contributed by atoms with E-state index in [1.54, 1.807) is 11.8 Å². The molecule has 1 aromatic carbocycles. The minimum Gasteiger partial charge on any atom is -0.399 e. The maximum Gasteiger partial charge on any atom is 0.246 e. The second-order valence-corrected chi connectivity index (χ2v) is 8.22. The summed E-state index contributed by atoms with van der Waals surface area (Å²) >= 11 is 4.68. The van der Waals surface area contributed by atoms with Crippen molar-refractivity contribution < 1.29 is 12.8 Å². The SMILES string of the molecule is CC1CSCCN1S(=O)(=O)c1cc(N)cc(Br)c1F. The number of benzene rings is 1. The standard InChI is InChI=1S/C11H14BrFN2O2S2/c1-7-6-18-3-2-15(7)19(16,17)10-5-8(14)4-9(12)11(10)13/h4-5,7H,2-3,6,14H2,1H3. The van der Waals surface area contributed by atoms with E-state index >= 15 is 0 Å². The van der Waals surface area contributed by atoms with Crippen LogP contribution in [0.1, 0.15) is 6.92 Å². The predicted molar refractivity (Wildman–Crippen MR) is 79.2 cm³/mol. The number of thioether (sulfide) groups is 1. The lowest BCUT2D eigenvalue weighted by molar-refractivity contribution is 0.365.